The lowest BCUT2D eigenvalue weighted by Gasteiger charge is -2.46. The van der Waals surface area contributed by atoms with Gasteiger partial charge in [-0.05, 0) is 50.4 Å². The Morgan fingerprint density at radius 2 is 1.94 bits per heavy atom. The first-order chi connectivity index (χ1) is 7.77. The SMILES string of the molecule is CC(=O)[C@@]1(C)CC2=C(CC1C)C(C)(C)CCC2. The molecule has 0 aromatic heterocycles. The second kappa shape index (κ2) is 3.96. The maximum atomic E-state index is 11.9. The van der Waals surface area contributed by atoms with Gasteiger partial charge in [-0.15, -0.1) is 0 Å². The highest BCUT2D eigenvalue weighted by atomic mass is 16.1. The van der Waals surface area contributed by atoms with Crippen LogP contribution in [-0.4, -0.2) is 5.78 Å². The van der Waals surface area contributed by atoms with Crippen molar-refractivity contribution < 1.29 is 4.79 Å². The Labute approximate surface area is 106 Å². The third kappa shape index (κ3) is 1.98. The Kier molecular flexibility index (Phi) is 3.00. The maximum absolute atomic E-state index is 11.9. The van der Waals surface area contributed by atoms with Gasteiger partial charge in [0.2, 0.25) is 0 Å². The number of hydrogen-bond acceptors (Lipinski definition) is 1. The Morgan fingerprint density at radius 3 is 2.53 bits per heavy atom. The lowest BCUT2D eigenvalue weighted by atomic mass is 9.57. The third-order valence-corrected chi connectivity index (χ3v) is 5.51. The van der Waals surface area contributed by atoms with E-state index in [4.69, 9.17) is 0 Å². The van der Waals surface area contributed by atoms with Gasteiger partial charge < -0.3 is 0 Å². The monoisotopic (exact) mass is 234 g/mol. The van der Waals surface area contributed by atoms with E-state index in [1.54, 1.807) is 18.1 Å². The molecule has 0 amide bonds. The minimum Gasteiger partial charge on any atom is -0.299 e. The molecule has 2 aliphatic rings. The van der Waals surface area contributed by atoms with Crippen LogP contribution in [0.2, 0.25) is 0 Å². The van der Waals surface area contributed by atoms with Crippen molar-refractivity contribution >= 4 is 5.78 Å². The molecule has 0 aliphatic heterocycles. The first-order valence-electron chi connectivity index (χ1n) is 7.00. The summed E-state index contributed by atoms with van der Waals surface area (Å²) in [5.41, 5.74) is 3.55. The van der Waals surface area contributed by atoms with E-state index < -0.39 is 0 Å². The number of carbonyl (C=O) groups excluding carboxylic acids is 1. The molecule has 2 aliphatic carbocycles. The van der Waals surface area contributed by atoms with E-state index in [-0.39, 0.29) is 5.41 Å². The first-order valence-corrected chi connectivity index (χ1v) is 7.00. The molecular weight excluding hydrogens is 208 g/mol. The van der Waals surface area contributed by atoms with Gasteiger partial charge >= 0.3 is 0 Å². The summed E-state index contributed by atoms with van der Waals surface area (Å²) < 4.78 is 0. The predicted molar refractivity (Wildman–Crippen MR) is 71.8 cm³/mol. The summed E-state index contributed by atoms with van der Waals surface area (Å²) in [5.74, 6) is 0.871. The summed E-state index contributed by atoms with van der Waals surface area (Å²) >= 11 is 0. The van der Waals surface area contributed by atoms with Crippen molar-refractivity contribution in [3.05, 3.63) is 11.1 Å². The van der Waals surface area contributed by atoms with Gasteiger partial charge in [-0.25, -0.2) is 0 Å². The number of Topliss-reactive ketones (excluding diaryl/α,β-unsaturated/α-hetero) is 1. The lowest BCUT2D eigenvalue weighted by molar-refractivity contribution is -0.128. The average molecular weight is 234 g/mol. The number of ketones is 1. The highest BCUT2D eigenvalue weighted by Crippen LogP contribution is 2.53. The Hall–Kier alpha value is -0.590. The predicted octanol–water partition coefficient (Wildman–Crippen LogP) is 4.52. The fourth-order valence-electron chi connectivity index (χ4n) is 3.76. The van der Waals surface area contributed by atoms with E-state index in [1.165, 1.54) is 19.3 Å². The summed E-state index contributed by atoms with van der Waals surface area (Å²) in [5, 5.41) is 0. The molecule has 0 N–H and O–H groups in total. The Balaban J connectivity index is 2.39. The molecule has 0 spiro atoms. The molecule has 0 heterocycles. The normalized spacial score (nSPS) is 36.6. The van der Waals surface area contributed by atoms with Crippen LogP contribution < -0.4 is 0 Å². The topological polar surface area (TPSA) is 17.1 Å². The molecule has 2 rings (SSSR count). The molecule has 0 saturated heterocycles. The standard InChI is InChI=1S/C16H26O/c1-11-9-14-13(7-6-8-15(14,3)4)10-16(11,5)12(2)17/h11H,6-10H2,1-5H3/t11?,16-/m0/s1. The fraction of sp³-hybridized carbons (Fsp3) is 0.812. The minimum absolute atomic E-state index is 0.105. The van der Waals surface area contributed by atoms with E-state index in [2.05, 4.69) is 27.7 Å². The summed E-state index contributed by atoms with van der Waals surface area (Å²) in [6, 6.07) is 0. The van der Waals surface area contributed by atoms with Gasteiger partial charge in [-0.2, -0.15) is 0 Å². The van der Waals surface area contributed by atoms with Gasteiger partial charge in [0.05, 0.1) is 0 Å². The highest BCUT2D eigenvalue weighted by Gasteiger charge is 2.44. The van der Waals surface area contributed by atoms with Crippen molar-refractivity contribution in [1.82, 2.24) is 0 Å². The molecular formula is C16H26O. The molecule has 0 aromatic rings. The molecule has 1 unspecified atom stereocenters. The van der Waals surface area contributed by atoms with Crippen LogP contribution in [-0.2, 0) is 4.79 Å². The van der Waals surface area contributed by atoms with Crippen LogP contribution in [0.4, 0.5) is 0 Å². The molecule has 1 nitrogen and oxygen atoms in total. The smallest absolute Gasteiger partial charge is 0.136 e. The van der Waals surface area contributed by atoms with Gasteiger partial charge in [-0.1, -0.05) is 38.8 Å². The summed E-state index contributed by atoms with van der Waals surface area (Å²) in [6.07, 6.45) is 6.00. The largest absolute Gasteiger partial charge is 0.299 e. The molecule has 0 saturated carbocycles. The van der Waals surface area contributed by atoms with Crippen LogP contribution in [0.15, 0.2) is 11.1 Å². The molecule has 0 bridgehead atoms. The van der Waals surface area contributed by atoms with Gasteiger partial charge in [0, 0.05) is 5.41 Å². The number of hydrogen-bond donors (Lipinski definition) is 0. The molecule has 0 fully saturated rings. The maximum Gasteiger partial charge on any atom is 0.136 e. The molecule has 1 heteroatoms. The molecule has 0 radical (unpaired) electrons. The summed E-state index contributed by atoms with van der Waals surface area (Å²) in [4.78, 5) is 11.9. The average Bonchev–Trinajstić information content (AvgIpc) is 2.20. The zero-order chi connectivity index (χ0) is 12.8. The summed E-state index contributed by atoms with van der Waals surface area (Å²) in [6.45, 7) is 11.0. The second-order valence-corrected chi connectivity index (χ2v) is 7.08. The van der Waals surface area contributed by atoms with Gasteiger partial charge in [0.25, 0.3) is 0 Å². The van der Waals surface area contributed by atoms with E-state index >= 15 is 0 Å². The zero-order valence-corrected chi connectivity index (χ0v) is 12.0. The number of carbonyl (C=O) groups is 1. The van der Waals surface area contributed by atoms with E-state index in [1.807, 2.05) is 0 Å². The number of allylic oxidation sites excluding steroid dienone is 2. The van der Waals surface area contributed by atoms with Gasteiger partial charge in [0.15, 0.2) is 0 Å². The van der Waals surface area contributed by atoms with Crippen LogP contribution in [0.3, 0.4) is 0 Å². The molecule has 96 valence electrons. The molecule has 0 aromatic carbocycles. The number of rotatable bonds is 1. The zero-order valence-electron chi connectivity index (χ0n) is 12.0. The fourth-order valence-corrected chi connectivity index (χ4v) is 3.76. The van der Waals surface area contributed by atoms with E-state index in [0.717, 1.165) is 12.8 Å². The quantitative estimate of drug-likeness (QED) is 0.610. The first kappa shape index (κ1) is 12.9. The molecule has 2 atom stereocenters. The van der Waals surface area contributed by atoms with Crippen LogP contribution in [0.25, 0.3) is 0 Å². The van der Waals surface area contributed by atoms with Crippen molar-refractivity contribution in [2.75, 3.05) is 0 Å². The van der Waals surface area contributed by atoms with Crippen molar-refractivity contribution in [2.24, 2.45) is 16.7 Å². The van der Waals surface area contributed by atoms with Crippen molar-refractivity contribution in [2.45, 2.75) is 66.7 Å². The van der Waals surface area contributed by atoms with Crippen molar-refractivity contribution in [1.29, 1.82) is 0 Å². The van der Waals surface area contributed by atoms with Crippen LogP contribution >= 0.6 is 0 Å². The highest BCUT2D eigenvalue weighted by molar-refractivity contribution is 5.83. The molecule has 17 heavy (non-hydrogen) atoms. The third-order valence-electron chi connectivity index (χ3n) is 5.51. The van der Waals surface area contributed by atoms with E-state index in [9.17, 15) is 4.79 Å². The van der Waals surface area contributed by atoms with Crippen molar-refractivity contribution in [3.8, 4) is 0 Å². The lowest BCUT2D eigenvalue weighted by Crippen LogP contribution is -2.40. The van der Waals surface area contributed by atoms with Crippen LogP contribution in [0, 0.1) is 16.7 Å². The van der Waals surface area contributed by atoms with Crippen LogP contribution in [0.1, 0.15) is 66.7 Å². The minimum atomic E-state index is -0.105. The second-order valence-electron chi connectivity index (χ2n) is 7.08. The van der Waals surface area contributed by atoms with E-state index in [0.29, 0.717) is 17.1 Å². The summed E-state index contributed by atoms with van der Waals surface area (Å²) in [7, 11) is 0. The Bertz CT molecular complexity index is 375. The van der Waals surface area contributed by atoms with Gasteiger partial charge in [-0.3, -0.25) is 4.79 Å². The Morgan fingerprint density at radius 1 is 1.29 bits per heavy atom. The van der Waals surface area contributed by atoms with Crippen molar-refractivity contribution in [3.63, 3.8) is 0 Å². The van der Waals surface area contributed by atoms with Gasteiger partial charge in [0.1, 0.15) is 5.78 Å². The van der Waals surface area contributed by atoms with Crippen LogP contribution in [0.5, 0.6) is 0 Å².